The molecule has 0 saturated heterocycles. The molecule has 8 heteroatoms. The molecule has 0 unspecified atom stereocenters. The molecule has 162 valence electrons. The highest BCUT2D eigenvalue weighted by atomic mass is 32.1. The number of benzene rings is 2. The summed E-state index contributed by atoms with van der Waals surface area (Å²) in [5.74, 6) is 1.58. The summed E-state index contributed by atoms with van der Waals surface area (Å²) in [7, 11) is 0. The van der Waals surface area contributed by atoms with Gasteiger partial charge in [0.15, 0.2) is 5.11 Å². The lowest BCUT2D eigenvalue weighted by molar-refractivity contribution is 0.102. The third-order valence-electron chi connectivity index (χ3n) is 4.22. The average Bonchev–Trinajstić information content (AvgIpc) is 3.30. The molecular weight excluding hydrogens is 414 g/mol. The number of carbonyl (C=O) groups is 1. The lowest BCUT2D eigenvalue weighted by Crippen LogP contribution is -2.28. The molecule has 1 amide bonds. The summed E-state index contributed by atoms with van der Waals surface area (Å²) in [6, 6.07) is 16.1. The van der Waals surface area contributed by atoms with Crippen LogP contribution in [-0.2, 0) is 6.54 Å². The zero-order valence-electron chi connectivity index (χ0n) is 17.4. The number of thiocarbonyl (C=S) groups is 1. The summed E-state index contributed by atoms with van der Waals surface area (Å²) in [4.78, 5) is 12.6. The molecule has 3 N–H and O–H groups in total. The smallest absolute Gasteiger partial charge is 0.255 e. The molecule has 7 nitrogen and oxygen atoms in total. The molecule has 0 bridgehead atoms. The van der Waals surface area contributed by atoms with Gasteiger partial charge in [-0.25, -0.2) is 0 Å². The van der Waals surface area contributed by atoms with Crippen molar-refractivity contribution in [2.24, 2.45) is 0 Å². The lowest BCUT2D eigenvalue weighted by atomic mass is 10.2. The maximum Gasteiger partial charge on any atom is 0.255 e. The second kappa shape index (κ2) is 11.0. The predicted molar refractivity (Wildman–Crippen MR) is 125 cm³/mol. The number of anilines is 2. The van der Waals surface area contributed by atoms with Crippen molar-refractivity contribution in [1.29, 1.82) is 0 Å². The Balaban J connectivity index is 1.81. The first-order chi connectivity index (χ1) is 15.1. The molecule has 1 aromatic heterocycles. The lowest BCUT2D eigenvalue weighted by Gasteiger charge is -2.19. The van der Waals surface area contributed by atoms with E-state index in [2.05, 4.69) is 16.0 Å². The van der Waals surface area contributed by atoms with E-state index in [9.17, 15) is 4.79 Å². The van der Waals surface area contributed by atoms with Crippen molar-refractivity contribution in [3.8, 4) is 11.5 Å². The van der Waals surface area contributed by atoms with Gasteiger partial charge in [-0.3, -0.25) is 4.79 Å². The quantitative estimate of drug-likeness (QED) is 0.412. The molecule has 0 fully saturated rings. The van der Waals surface area contributed by atoms with E-state index in [4.69, 9.17) is 26.1 Å². The van der Waals surface area contributed by atoms with E-state index in [0.29, 0.717) is 53.3 Å². The third-order valence-corrected chi connectivity index (χ3v) is 4.46. The number of carbonyl (C=O) groups excluding carboxylic acids is 1. The van der Waals surface area contributed by atoms with Gasteiger partial charge in [-0.1, -0.05) is 18.2 Å². The van der Waals surface area contributed by atoms with Crippen molar-refractivity contribution < 1.29 is 18.7 Å². The topological polar surface area (TPSA) is 84.8 Å². The van der Waals surface area contributed by atoms with Gasteiger partial charge in [0.25, 0.3) is 5.91 Å². The zero-order chi connectivity index (χ0) is 22.1. The van der Waals surface area contributed by atoms with Gasteiger partial charge >= 0.3 is 0 Å². The summed E-state index contributed by atoms with van der Waals surface area (Å²) in [6.07, 6.45) is 1.61. The van der Waals surface area contributed by atoms with Crippen LogP contribution in [0.15, 0.2) is 65.3 Å². The molecule has 0 atom stereocenters. The number of amides is 1. The molecule has 0 saturated carbocycles. The van der Waals surface area contributed by atoms with E-state index in [-0.39, 0.29) is 5.91 Å². The second-order valence-corrected chi connectivity index (χ2v) is 6.83. The predicted octanol–water partition coefficient (Wildman–Crippen LogP) is 4.82. The van der Waals surface area contributed by atoms with Gasteiger partial charge in [-0.15, -0.1) is 0 Å². The van der Waals surface area contributed by atoms with E-state index in [1.165, 1.54) is 0 Å². The fourth-order valence-corrected chi connectivity index (χ4v) is 3.02. The highest BCUT2D eigenvalue weighted by molar-refractivity contribution is 7.80. The fourth-order valence-electron chi connectivity index (χ4n) is 2.84. The summed E-state index contributed by atoms with van der Waals surface area (Å²) < 4.78 is 16.8. The number of nitrogens with one attached hydrogen (secondary N) is 3. The Morgan fingerprint density at radius 1 is 0.935 bits per heavy atom. The molecule has 31 heavy (non-hydrogen) atoms. The first-order valence-electron chi connectivity index (χ1n) is 9.98. The Morgan fingerprint density at radius 2 is 1.58 bits per heavy atom. The Labute approximate surface area is 186 Å². The molecule has 0 radical (unpaired) electrons. The van der Waals surface area contributed by atoms with Crippen LogP contribution >= 0.6 is 12.2 Å². The SMILES string of the molecule is CCOc1cc(NC(=S)NCc2ccco2)c(OCC)cc1NC(=O)c1ccccc1. The maximum absolute atomic E-state index is 12.6. The third kappa shape index (κ3) is 6.23. The van der Waals surface area contributed by atoms with Crippen LogP contribution < -0.4 is 25.4 Å². The first-order valence-corrected chi connectivity index (χ1v) is 10.4. The fraction of sp³-hybridized carbons (Fsp3) is 0.217. The summed E-state index contributed by atoms with van der Waals surface area (Å²) >= 11 is 5.40. The van der Waals surface area contributed by atoms with Gasteiger partial charge in [0, 0.05) is 17.7 Å². The minimum Gasteiger partial charge on any atom is -0.492 e. The van der Waals surface area contributed by atoms with Crippen molar-refractivity contribution in [2.45, 2.75) is 20.4 Å². The molecule has 0 spiro atoms. The molecule has 0 aliphatic heterocycles. The van der Waals surface area contributed by atoms with Crippen molar-refractivity contribution in [3.63, 3.8) is 0 Å². The van der Waals surface area contributed by atoms with Gasteiger partial charge < -0.3 is 29.8 Å². The Bertz CT molecular complexity index is 1010. The van der Waals surface area contributed by atoms with Gasteiger partial charge in [0.1, 0.15) is 17.3 Å². The highest BCUT2D eigenvalue weighted by Gasteiger charge is 2.16. The second-order valence-electron chi connectivity index (χ2n) is 6.42. The van der Waals surface area contributed by atoms with E-state index < -0.39 is 0 Å². The molecule has 0 aliphatic carbocycles. The molecule has 1 heterocycles. The minimum atomic E-state index is -0.236. The van der Waals surface area contributed by atoms with E-state index in [1.807, 2.05) is 44.2 Å². The number of rotatable bonds is 9. The standard InChI is InChI=1S/C23H25N3O4S/c1-3-28-20-14-19(26-23(31)24-15-17-11-8-12-30-17)21(29-4-2)13-18(20)25-22(27)16-9-6-5-7-10-16/h5-14H,3-4,15H2,1-2H3,(H,25,27)(H2,24,26,31). The van der Waals surface area contributed by atoms with E-state index in [0.717, 1.165) is 5.76 Å². The minimum absolute atomic E-state index is 0.236. The van der Waals surface area contributed by atoms with Crippen molar-refractivity contribution in [1.82, 2.24) is 5.32 Å². The average molecular weight is 440 g/mol. The van der Waals surface area contributed by atoms with Gasteiger partial charge in [-0.05, 0) is 50.3 Å². The molecule has 3 aromatic rings. The van der Waals surface area contributed by atoms with Crippen LogP contribution in [0.3, 0.4) is 0 Å². The van der Waals surface area contributed by atoms with Gasteiger partial charge in [0.05, 0.1) is 37.4 Å². The monoisotopic (exact) mass is 439 g/mol. The van der Waals surface area contributed by atoms with Crippen molar-refractivity contribution >= 4 is 34.6 Å². The van der Waals surface area contributed by atoms with Crippen LogP contribution in [0.25, 0.3) is 0 Å². The van der Waals surface area contributed by atoms with Gasteiger partial charge in [-0.2, -0.15) is 0 Å². The van der Waals surface area contributed by atoms with Crippen molar-refractivity contribution in [2.75, 3.05) is 23.8 Å². The number of ether oxygens (including phenoxy) is 2. The number of hydrogen-bond donors (Lipinski definition) is 3. The Hall–Kier alpha value is -3.52. The van der Waals surface area contributed by atoms with Crippen molar-refractivity contribution in [3.05, 3.63) is 72.2 Å². The summed E-state index contributed by atoms with van der Waals surface area (Å²) in [5, 5.41) is 9.52. The first kappa shape index (κ1) is 22.2. The zero-order valence-corrected chi connectivity index (χ0v) is 18.3. The van der Waals surface area contributed by atoms with Crippen LogP contribution in [0.2, 0.25) is 0 Å². The van der Waals surface area contributed by atoms with Crippen LogP contribution in [0.1, 0.15) is 30.0 Å². The summed E-state index contributed by atoms with van der Waals surface area (Å²) in [6.45, 7) is 5.09. The van der Waals surface area contributed by atoms with Crippen LogP contribution in [-0.4, -0.2) is 24.2 Å². The normalized spacial score (nSPS) is 10.3. The van der Waals surface area contributed by atoms with Crippen LogP contribution in [0.4, 0.5) is 11.4 Å². The molecule has 0 aliphatic rings. The number of furan rings is 1. The largest absolute Gasteiger partial charge is 0.492 e. The number of hydrogen-bond acceptors (Lipinski definition) is 5. The van der Waals surface area contributed by atoms with Gasteiger partial charge in [0.2, 0.25) is 0 Å². The van der Waals surface area contributed by atoms with E-state index in [1.54, 1.807) is 30.5 Å². The molecule has 3 rings (SSSR count). The van der Waals surface area contributed by atoms with E-state index >= 15 is 0 Å². The summed E-state index contributed by atoms with van der Waals surface area (Å²) in [5.41, 5.74) is 1.69. The molecule has 2 aromatic carbocycles. The Kier molecular flexibility index (Phi) is 7.89. The van der Waals surface area contributed by atoms with Crippen LogP contribution in [0.5, 0.6) is 11.5 Å². The highest BCUT2D eigenvalue weighted by Crippen LogP contribution is 2.37. The molecular formula is C23H25N3O4S. The maximum atomic E-state index is 12.6. The van der Waals surface area contributed by atoms with Crippen LogP contribution in [0, 0.1) is 0 Å². The Morgan fingerprint density at radius 3 is 2.16 bits per heavy atom.